The van der Waals surface area contributed by atoms with E-state index >= 15 is 0 Å². The lowest BCUT2D eigenvalue weighted by Gasteiger charge is -2.26. The summed E-state index contributed by atoms with van der Waals surface area (Å²) in [5, 5.41) is 14.3. The van der Waals surface area contributed by atoms with Crippen LogP contribution < -0.4 is 16.4 Å². The first-order valence-corrected chi connectivity index (χ1v) is 10.7. The molecule has 2 aromatic rings. The topological polar surface area (TPSA) is 154 Å². The van der Waals surface area contributed by atoms with E-state index in [0.29, 0.717) is 41.0 Å². The molecule has 0 radical (unpaired) electrons. The van der Waals surface area contributed by atoms with Crippen LogP contribution in [-0.4, -0.2) is 51.1 Å². The van der Waals surface area contributed by atoms with E-state index in [1.54, 1.807) is 26.2 Å². The molecule has 0 fully saturated rings. The zero-order valence-corrected chi connectivity index (χ0v) is 18.0. The van der Waals surface area contributed by atoms with Crippen LogP contribution in [0.3, 0.4) is 0 Å². The quantitative estimate of drug-likeness (QED) is 0.358. The number of furan rings is 1. The van der Waals surface area contributed by atoms with Crippen LogP contribution in [0.5, 0.6) is 0 Å². The number of hydrogen-bond donors (Lipinski definition) is 3. The average Bonchev–Trinajstić information content (AvgIpc) is 3.35. The third kappa shape index (κ3) is 5.66. The summed E-state index contributed by atoms with van der Waals surface area (Å²) in [5.41, 5.74) is 6.08. The lowest BCUT2D eigenvalue weighted by atomic mass is 10.1. The molecule has 0 aromatic carbocycles. The highest BCUT2D eigenvalue weighted by molar-refractivity contribution is 7.99. The summed E-state index contributed by atoms with van der Waals surface area (Å²) >= 11 is 1.30. The number of urea groups is 1. The van der Waals surface area contributed by atoms with Gasteiger partial charge in [0.05, 0.1) is 31.0 Å². The molecule has 0 saturated heterocycles. The van der Waals surface area contributed by atoms with E-state index in [1.165, 1.54) is 11.8 Å². The van der Waals surface area contributed by atoms with Crippen molar-refractivity contribution >= 4 is 29.7 Å². The molecule has 0 saturated carbocycles. The van der Waals surface area contributed by atoms with Gasteiger partial charge in [0.2, 0.25) is 5.91 Å². The van der Waals surface area contributed by atoms with E-state index in [0.717, 1.165) is 0 Å². The number of nitrogens with zero attached hydrogens (tertiary/aromatic N) is 3. The molecule has 166 valence electrons. The average molecular weight is 449 g/mol. The molecule has 1 atom stereocenters. The summed E-state index contributed by atoms with van der Waals surface area (Å²) in [6.07, 6.45) is 2.04. The monoisotopic (exact) mass is 448 g/mol. The van der Waals surface area contributed by atoms with Gasteiger partial charge in [0, 0.05) is 24.3 Å². The molecule has 11 nitrogen and oxygen atoms in total. The number of aromatic nitrogens is 3. The van der Waals surface area contributed by atoms with Gasteiger partial charge < -0.3 is 25.5 Å². The van der Waals surface area contributed by atoms with Gasteiger partial charge in [-0.25, -0.2) is 9.59 Å². The number of hydrogen-bond acceptors (Lipinski definition) is 8. The minimum absolute atomic E-state index is 0.137. The highest BCUT2D eigenvalue weighted by atomic mass is 32.2. The molecule has 1 aliphatic rings. The van der Waals surface area contributed by atoms with Crippen LogP contribution in [0.15, 0.2) is 39.2 Å². The van der Waals surface area contributed by atoms with Crippen molar-refractivity contribution in [1.29, 1.82) is 0 Å². The fourth-order valence-corrected chi connectivity index (χ4v) is 4.02. The molecule has 3 amide bonds. The number of aryl methyl sites for hydroxylation is 1. The van der Waals surface area contributed by atoms with Crippen LogP contribution >= 0.6 is 11.8 Å². The Hall–Kier alpha value is -3.28. The SMILES string of the molecule is CCOC(=O)C1=C(CSc2nnc(CCC(N)=O)n2Cc2ccco2)NC(=O)NC1C. The molecule has 12 heteroatoms. The minimum Gasteiger partial charge on any atom is -0.467 e. The van der Waals surface area contributed by atoms with Crippen molar-refractivity contribution in [3.63, 3.8) is 0 Å². The summed E-state index contributed by atoms with van der Waals surface area (Å²) in [6.45, 7) is 4.03. The Balaban J connectivity index is 1.84. The maximum atomic E-state index is 12.4. The fourth-order valence-electron chi connectivity index (χ4n) is 3.09. The minimum atomic E-state index is -0.490. The van der Waals surface area contributed by atoms with Crippen molar-refractivity contribution in [2.24, 2.45) is 5.73 Å². The summed E-state index contributed by atoms with van der Waals surface area (Å²) < 4.78 is 12.4. The standard InChI is InChI=1S/C19H24N6O5S/c1-3-29-17(27)16-11(2)21-18(28)22-13(16)10-31-19-24-23-15(7-6-14(20)26)25(19)9-12-5-4-8-30-12/h4-5,8,11H,3,6-7,9-10H2,1-2H3,(H2,20,26)(H2,21,22,28). The van der Waals surface area contributed by atoms with Crippen molar-refractivity contribution in [3.8, 4) is 0 Å². The van der Waals surface area contributed by atoms with E-state index in [1.807, 2.05) is 10.6 Å². The number of ether oxygens (including phenoxy) is 1. The van der Waals surface area contributed by atoms with Gasteiger partial charge in [0.1, 0.15) is 11.6 Å². The van der Waals surface area contributed by atoms with Crippen LogP contribution in [0.2, 0.25) is 0 Å². The molecule has 0 aliphatic carbocycles. The molecular formula is C19H24N6O5S. The highest BCUT2D eigenvalue weighted by Gasteiger charge is 2.30. The Morgan fingerprint density at radius 2 is 2.19 bits per heavy atom. The van der Waals surface area contributed by atoms with Gasteiger partial charge in [-0.3, -0.25) is 9.36 Å². The second kappa shape index (κ2) is 10.2. The predicted octanol–water partition coefficient (Wildman–Crippen LogP) is 0.948. The van der Waals surface area contributed by atoms with Gasteiger partial charge in [0.15, 0.2) is 5.16 Å². The molecule has 4 N–H and O–H groups in total. The lowest BCUT2D eigenvalue weighted by Crippen LogP contribution is -2.49. The number of nitrogens with two attached hydrogens (primary N) is 1. The second-order valence-corrected chi connectivity index (χ2v) is 7.69. The van der Waals surface area contributed by atoms with Crippen LogP contribution in [0.1, 0.15) is 31.9 Å². The lowest BCUT2D eigenvalue weighted by molar-refractivity contribution is -0.139. The fraction of sp³-hybridized carbons (Fsp3) is 0.421. The van der Waals surface area contributed by atoms with E-state index in [9.17, 15) is 14.4 Å². The maximum absolute atomic E-state index is 12.4. The summed E-state index contributed by atoms with van der Waals surface area (Å²) in [4.78, 5) is 35.5. The molecule has 1 aliphatic heterocycles. The Kier molecular flexibility index (Phi) is 7.34. The maximum Gasteiger partial charge on any atom is 0.337 e. The largest absolute Gasteiger partial charge is 0.467 e. The normalized spacial score (nSPS) is 16.1. The van der Waals surface area contributed by atoms with Gasteiger partial charge in [0.25, 0.3) is 0 Å². The molecule has 2 aromatic heterocycles. The number of rotatable bonds is 10. The zero-order valence-electron chi connectivity index (χ0n) is 17.2. The first kappa shape index (κ1) is 22.4. The molecule has 31 heavy (non-hydrogen) atoms. The van der Waals surface area contributed by atoms with Gasteiger partial charge >= 0.3 is 12.0 Å². The van der Waals surface area contributed by atoms with Gasteiger partial charge in [-0.1, -0.05) is 11.8 Å². The second-order valence-electron chi connectivity index (χ2n) is 6.75. The van der Waals surface area contributed by atoms with E-state index in [4.69, 9.17) is 14.9 Å². The van der Waals surface area contributed by atoms with Crippen LogP contribution in [0.4, 0.5) is 4.79 Å². The Morgan fingerprint density at radius 1 is 1.39 bits per heavy atom. The Bertz CT molecular complexity index is 984. The molecule has 0 bridgehead atoms. The van der Waals surface area contributed by atoms with Crippen molar-refractivity contribution in [2.45, 2.75) is 44.4 Å². The first-order valence-electron chi connectivity index (χ1n) is 9.72. The van der Waals surface area contributed by atoms with E-state index < -0.39 is 23.9 Å². The first-order chi connectivity index (χ1) is 14.9. The van der Waals surface area contributed by atoms with Crippen molar-refractivity contribution in [2.75, 3.05) is 12.4 Å². The van der Waals surface area contributed by atoms with Crippen LogP contribution in [0.25, 0.3) is 0 Å². The smallest absolute Gasteiger partial charge is 0.337 e. The van der Waals surface area contributed by atoms with Crippen LogP contribution in [0, 0.1) is 0 Å². The molecule has 1 unspecified atom stereocenters. The summed E-state index contributed by atoms with van der Waals surface area (Å²) in [6, 6.07) is 2.71. The number of esters is 1. The number of thioether (sulfide) groups is 1. The van der Waals surface area contributed by atoms with E-state index in [2.05, 4.69) is 20.8 Å². The third-order valence-corrected chi connectivity index (χ3v) is 5.49. The summed E-state index contributed by atoms with van der Waals surface area (Å²) in [5.74, 6) is 0.616. The molecule has 3 rings (SSSR count). The predicted molar refractivity (Wildman–Crippen MR) is 111 cm³/mol. The number of nitrogens with one attached hydrogen (secondary N) is 2. The van der Waals surface area contributed by atoms with E-state index in [-0.39, 0.29) is 18.8 Å². The molecular weight excluding hydrogens is 424 g/mol. The number of amides is 3. The van der Waals surface area contributed by atoms with Crippen molar-refractivity contribution < 1.29 is 23.5 Å². The van der Waals surface area contributed by atoms with Gasteiger partial charge in [-0.15, -0.1) is 10.2 Å². The number of carbonyl (C=O) groups excluding carboxylic acids is 3. The Labute approximate surface area is 182 Å². The number of carbonyl (C=O) groups is 3. The third-order valence-electron chi connectivity index (χ3n) is 4.49. The Morgan fingerprint density at radius 3 is 2.87 bits per heavy atom. The zero-order chi connectivity index (χ0) is 22.4. The molecule has 0 spiro atoms. The van der Waals surface area contributed by atoms with Gasteiger partial charge in [-0.05, 0) is 26.0 Å². The van der Waals surface area contributed by atoms with Crippen molar-refractivity contribution in [3.05, 3.63) is 41.3 Å². The van der Waals surface area contributed by atoms with Gasteiger partial charge in [-0.2, -0.15) is 0 Å². The van der Waals surface area contributed by atoms with Crippen LogP contribution in [-0.2, 0) is 27.3 Å². The van der Waals surface area contributed by atoms with Crippen molar-refractivity contribution in [1.82, 2.24) is 25.4 Å². The summed E-state index contributed by atoms with van der Waals surface area (Å²) in [7, 11) is 0. The highest BCUT2D eigenvalue weighted by Crippen LogP contribution is 2.24. The number of primary amides is 1. The molecule has 3 heterocycles.